The van der Waals surface area contributed by atoms with Crippen LogP contribution in [-0.2, 0) is 0 Å². The first-order chi connectivity index (χ1) is 9.22. The first-order valence-electron chi connectivity index (χ1n) is 6.30. The lowest BCUT2D eigenvalue weighted by molar-refractivity contribution is 0.0690. The van der Waals surface area contributed by atoms with Gasteiger partial charge in [0.05, 0.1) is 6.61 Å². The molecular formula is C13H15N3O3. The molecule has 6 heteroatoms. The smallest absolute Gasteiger partial charge is 0.356 e. The summed E-state index contributed by atoms with van der Waals surface area (Å²) in [6.45, 7) is 0.401. The number of carboxylic acids is 1. The quantitative estimate of drug-likeness (QED) is 0.839. The van der Waals surface area contributed by atoms with Crippen LogP contribution in [0.25, 0.3) is 5.65 Å². The molecule has 0 radical (unpaired) electrons. The minimum Gasteiger partial charge on any atom is -0.476 e. The van der Waals surface area contributed by atoms with Crippen LogP contribution in [0.5, 0.6) is 0 Å². The molecule has 6 nitrogen and oxygen atoms in total. The van der Waals surface area contributed by atoms with E-state index in [-0.39, 0.29) is 12.3 Å². The molecule has 2 N–H and O–H groups in total. The van der Waals surface area contributed by atoms with E-state index in [0.29, 0.717) is 24.1 Å². The van der Waals surface area contributed by atoms with Gasteiger partial charge in [-0.2, -0.15) is 0 Å². The first kappa shape index (κ1) is 12.0. The van der Waals surface area contributed by atoms with E-state index in [4.69, 9.17) is 5.11 Å². The number of carboxylic acid groups (broad SMARTS) is 1. The Kier molecular flexibility index (Phi) is 2.87. The molecule has 0 aromatic carbocycles. The number of anilines is 1. The molecule has 0 bridgehead atoms. The molecule has 2 heterocycles. The number of nitrogens with zero attached hydrogens (tertiary/aromatic N) is 3. The van der Waals surface area contributed by atoms with E-state index < -0.39 is 5.97 Å². The molecule has 0 spiro atoms. The van der Waals surface area contributed by atoms with E-state index in [1.807, 2.05) is 11.0 Å². The molecule has 3 rings (SSSR count). The summed E-state index contributed by atoms with van der Waals surface area (Å²) in [7, 11) is 0. The van der Waals surface area contributed by atoms with Gasteiger partial charge >= 0.3 is 5.97 Å². The predicted octanol–water partition coefficient (Wildman–Crippen LogP) is 0.994. The molecule has 0 amide bonds. The monoisotopic (exact) mass is 261 g/mol. The van der Waals surface area contributed by atoms with Crippen molar-refractivity contribution in [2.24, 2.45) is 0 Å². The molecule has 1 fully saturated rings. The number of hydrogen-bond acceptors (Lipinski definition) is 4. The lowest BCUT2D eigenvalue weighted by Crippen LogP contribution is -2.30. The maximum absolute atomic E-state index is 11.5. The topological polar surface area (TPSA) is 78.1 Å². The molecule has 100 valence electrons. The lowest BCUT2D eigenvalue weighted by atomic mass is 10.3. The lowest BCUT2D eigenvalue weighted by Gasteiger charge is -2.21. The van der Waals surface area contributed by atoms with Crippen LogP contribution in [0, 0.1) is 0 Å². The summed E-state index contributed by atoms with van der Waals surface area (Å²) in [6, 6.07) is 5.68. The molecule has 1 saturated carbocycles. The molecule has 0 saturated heterocycles. The van der Waals surface area contributed by atoms with Gasteiger partial charge < -0.3 is 15.1 Å². The summed E-state index contributed by atoms with van der Waals surface area (Å²) in [5.41, 5.74) is 0.773. The van der Waals surface area contributed by atoms with Gasteiger partial charge in [-0.1, -0.05) is 6.07 Å². The van der Waals surface area contributed by atoms with Crippen molar-refractivity contribution in [1.29, 1.82) is 0 Å². The maximum Gasteiger partial charge on any atom is 0.356 e. The maximum atomic E-state index is 11.5. The van der Waals surface area contributed by atoms with Crippen LogP contribution in [0.3, 0.4) is 0 Å². The molecule has 2 aromatic heterocycles. The van der Waals surface area contributed by atoms with Crippen molar-refractivity contribution in [3.63, 3.8) is 0 Å². The highest BCUT2D eigenvalue weighted by Gasteiger charge is 2.33. The van der Waals surface area contributed by atoms with Crippen LogP contribution in [0.4, 0.5) is 5.82 Å². The zero-order valence-electron chi connectivity index (χ0n) is 10.4. The number of aromatic nitrogens is 2. The van der Waals surface area contributed by atoms with Gasteiger partial charge in [0.1, 0.15) is 5.65 Å². The molecule has 0 unspecified atom stereocenters. The summed E-state index contributed by atoms with van der Waals surface area (Å²) in [5, 5.41) is 18.6. The number of rotatable bonds is 5. The number of carbonyl (C=O) groups is 1. The molecule has 0 aliphatic heterocycles. The van der Waals surface area contributed by atoms with E-state index in [0.717, 1.165) is 12.8 Å². The number of hydrogen-bond donors (Lipinski definition) is 2. The van der Waals surface area contributed by atoms with Crippen molar-refractivity contribution in [2.45, 2.75) is 18.9 Å². The van der Waals surface area contributed by atoms with Crippen LogP contribution >= 0.6 is 0 Å². The highest BCUT2D eigenvalue weighted by molar-refractivity contribution is 5.93. The Morgan fingerprint density at radius 3 is 2.89 bits per heavy atom. The highest BCUT2D eigenvalue weighted by atomic mass is 16.4. The Morgan fingerprint density at radius 1 is 1.47 bits per heavy atom. The van der Waals surface area contributed by atoms with Crippen LogP contribution in [-0.4, -0.2) is 44.8 Å². The first-order valence-corrected chi connectivity index (χ1v) is 6.30. The highest BCUT2D eigenvalue weighted by Crippen LogP contribution is 2.33. The average molecular weight is 261 g/mol. The van der Waals surface area contributed by atoms with Gasteiger partial charge in [0, 0.05) is 18.8 Å². The Labute approximate surface area is 109 Å². The van der Waals surface area contributed by atoms with E-state index in [1.54, 1.807) is 22.7 Å². The Balaban J connectivity index is 2.15. The number of fused-ring (bicyclic) bond motifs is 1. The van der Waals surface area contributed by atoms with Crippen LogP contribution in [0.15, 0.2) is 24.4 Å². The van der Waals surface area contributed by atoms with Crippen LogP contribution < -0.4 is 4.90 Å². The number of aliphatic hydroxyl groups excluding tert-OH is 1. The summed E-state index contributed by atoms with van der Waals surface area (Å²) in [4.78, 5) is 17.8. The van der Waals surface area contributed by atoms with Gasteiger partial charge in [-0.05, 0) is 25.0 Å². The number of pyridine rings is 1. The second-order valence-electron chi connectivity index (χ2n) is 4.67. The van der Waals surface area contributed by atoms with E-state index in [9.17, 15) is 9.90 Å². The van der Waals surface area contributed by atoms with Crippen LogP contribution in [0.1, 0.15) is 23.3 Å². The van der Waals surface area contributed by atoms with Crippen molar-refractivity contribution in [3.8, 4) is 0 Å². The largest absolute Gasteiger partial charge is 0.476 e. The molecule has 1 aliphatic rings. The second-order valence-corrected chi connectivity index (χ2v) is 4.67. The predicted molar refractivity (Wildman–Crippen MR) is 69.6 cm³/mol. The average Bonchev–Trinajstić information content (AvgIpc) is 3.14. The fourth-order valence-electron chi connectivity index (χ4n) is 2.34. The Bertz CT molecular complexity index is 619. The second kappa shape index (κ2) is 4.55. The van der Waals surface area contributed by atoms with Gasteiger partial charge in [-0.15, -0.1) is 0 Å². The van der Waals surface area contributed by atoms with Gasteiger partial charge in [0.15, 0.2) is 11.5 Å². The van der Waals surface area contributed by atoms with Gasteiger partial charge in [0.2, 0.25) is 0 Å². The van der Waals surface area contributed by atoms with Crippen molar-refractivity contribution in [1.82, 2.24) is 9.38 Å². The summed E-state index contributed by atoms with van der Waals surface area (Å²) in [6.07, 6.45) is 3.74. The Morgan fingerprint density at radius 2 is 2.26 bits per heavy atom. The van der Waals surface area contributed by atoms with E-state index >= 15 is 0 Å². The van der Waals surface area contributed by atoms with Crippen molar-refractivity contribution in [3.05, 3.63) is 30.1 Å². The number of imidazole rings is 1. The van der Waals surface area contributed by atoms with Crippen molar-refractivity contribution >= 4 is 17.4 Å². The van der Waals surface area contributed by atoms with Gasteiger partial charge in [-0.25, -0.2) is 9.78 Å². The fourth-order valence-corrected chi connectivity index (χ4v) is 2.34. The normalized spacial score (nSPS) is 14.8. The third-order valence-electron chi connectivity index (χ3n) is 3.31. The minimum atomic E-state index is -1.00. The summed E-state index contributed by atoms with van der Waals surface area (Å²) >= 11 is 0. The van der Waals surface area contributed by atoms with Crippen LogP contribution in [0.2, 0.25) is 0 Å². The zero-order chi connectivity index (χ0) is 13.4. The molecule has 1 aliphatic carbocycles. The molecular weight excluding hydrogens is 246 g/mol. The standard InChI is InChI=1S/C13H15N3O3/c17-8-7-15(9-4-5-9)12-11(13(18)19)16-6-2-1-3-10(16)14-12/h1-3,6,9,17H,4-5,7-8H2,(H,18,19). The van der Waals surface area contributed by atoms with Gasteiger partial charge in [-0.3, -0.25) is 4.40 Å². The zero-order valence-corrected chi connectivity index (χ0v) is 10.4. The van der Waals surface area contributed by atoms with Crippen molar-refractivity contribution in [2.75, 3.05) is 18.1 Å². The molecule has 19 heavy (non-hydrogen) atoms. The van der Waals surface area contributed by atoms with E-state index in [1.165, 1.54) is 0 Å². The Hall–Kier alpha value is -2.08. The van der Waals surface area contributed by atoms with Gasteiger partial charge in [0.25, 0.3) is 0 Å². The SMILES string of the molecule is O=C(O)c1c(N(CCO)C2CC2)nc2ccccn12. The minimum absolute atomic E-state index is 0.0105. The third-order valence-corrected chi connectivity index (χ3v) is 3.31. The number of aromatic carboxylic acids is 1. The summed E-state index contributed by atoms with van der Waals surface area (Å²) < 4.78 is 1.57. The van der Waals surface area contributed by atoms with E-state index in [2.05, 4.69) is 4.98 Å². The fraction of sp³-hybridized carbons (Fsp3) is 0.385. The molecule has 0 atom stereocenters. The third kappa shape index (κ3) is 2.04. The number of aliphatic hydroxyl groups is 1. The van der Waals surface area contributed by atoms with Crippen molar-refractivity contribution < 1.29 is 15.0 Å². The molecule has 2 aromatic rings. The summed E-state index contributed by atoms with van der Waals surface area (Å²) in [5.74, 6) is -0.549.